The fourth-order valence-corrected chi connectivity index (χ4v) is 1.71. The summed E-state index contributed by atoms with van der Waals surface area (Å²) >= 11 is 3.42. The predicted octanol–water partition coefficient (Wildman–Crippen LogP) is 2.51. The molecule has 0 spiro atoms. The summed E-state index contributed by atoms with van der Waals surface area (Å²) in [5.74, 6) is 0.972. The van der Waals surface area contributed by atoms with Crippen molar-refractivity contribution < 1.29 is 4.74 Å². The van der Waals surface area contributed by atoms with E-state index in [1.54, 1.807) is 7.11 Å². The molecule has 0 aliphatic carbocycles. The molecular weight excluding hydrogens is 244 g/mol. The first-order valence-electron chi connectivity index (χ1n) is 4.42. The fraction of sp³-hybridized carbons (Fsp3) is 0.300. The van der Waals surface area contributed by atoms with Crippen LogP contribution in [0.4, 0.5) is 0 Å². The van der Waals surface area contributed by atoms with Crippen LogP contribution < -0.4 is 0 Å². The molecule has 2 aromatic rings. The van der Waals surface area contributed by atoms with Crippen LogP contribution in [0.1, 0.15) is 5.82 Å². The molecule has 74 valence electrons. The number of rotatable bonds is 3. The Morgan fingerprint density at radius 3 is 3.14 bits per heavy atom. The van der Waals surface area contributed by atoms with Crippen LogP contribution in [-0.2, 0) is 11.2 Å². The zero-order chi connectivity index (χ0) is 9.97. The van der Waals surface area contributed by atoms with Gasteiger partial charge in [0.2, 0.25) is 0 Å². The molecule has 0 radical (unpaired) electrons. The summed E-state index contributed by atoms with van der Waals surface area (Å²) < 4.78 is 6.06. The highest BCUT2D eigenvalue weighted by Crippen LogP contribution is 2.17. The first-order valence-corrected chi connectivity index (χ1v) is 5.22. The standard InChI is InChI=1S/C10H11BrN2O/c1-14-5-4-10-12-8-3-2-7(11)6-9(8)13-10/h2-3,6H,4-5H2,1H3,(H,12,13). The molecule has 0 amide bonds. The molecule has 4 heteroatoms. The maximum atomic E-state index is 5.00. The van der Waals surface area contributed by atoms with E-state index in [0.29, 0.717) is 6.61 Å². The van der Waals surface area contributed by atoms with E-state index >= 15 is 0 Å². The largest absolute Gasteiger partial charge is 0.384 e. The molecule has 3 nitrogen and oxygen atoms in total. The molecule has 1 N–H and O–H groups in total. The third-order valence-corrected chi connectivity index (χ3v) is 2.53. The van der Waals surface area contributed by atoms with Crippen LogP contribution in [0.15, 0.2) is 22.7 Å². The van der Waals surface area contributed by atoms with Crippen LogP contribution in [0, 0.1) is 0 Å². The highest BCUT2D eigenvalue weighted by molar-refractivity contribution is 9.10. The molecule has 0 saturated carbocycles. The predicted molar refractivity (Wildman–Crippen MR) is 59.4 cm³/mol. The van der Waals surface area contributed by atoms with Crippen LogP contribution in [0.5, 0.6) is 0 Å². The number of ether oxygens (including phenoxy) is 1. The Bertz CT molecular complexity index is 439. The lowest BCUT2D eigenvalue weighted by molar-refractivity contribution is 0.201. The highest BCUT2D eigenvalue weighted by Gasteiger charge is 2.02. The van der Waals surface area contributed by atoms with E-state index in [4.69, 9.17) is 4.74 Å². The average Bonchev–Trinajstić information content (AvgIpc) is 2.56. The van der Waals surface area contributed by atoms with Crippen molar-refractivity contribution in [3.05, 3.63) is 28.5 Å². The summed E-state index contributed by atoms with van der Waals surface area (Å²) in [6, 6.07) is 6.01. The minimum absolute atomic E-state index is 0.695. The Labute approximate surface area is 90.6 Å². The number of aromatic amines is 1. The van der Waals surface area contributed by atoms with Gasteiger partial charge >= 0.3 is 0 Å². The number of aromatic nitrogens is 2. The first kappa shape index (κ1) is 9.68. The van der Waals surface area contributed by atoms with E-state index in [1.165, 1.54) is 0 Å². The van der Waals surface area contributed by atoms with Gasteiger partial charge in [-0.1, -0.05) is 15.9 Å². The van der Waals surface area contributed by atoms with Gasteiger partial charge in [-0.15, -0.1) is 0 Å². The lowest BCUT2D eigenvalue weighted by atomic mass is 10.3. The Kier molecular flexibility index (Phi) is 2.84. The average molecular weight is 255 g/mol. The molecule has 0 bridgehead atoms. The van der Waals surface area contributed by atoms with Crippen LogP contribution in [0.25, 0.3) is 11.0 Å². The van der Waals surface area contributed by atoms with Crippen molar-refractivity contribution >= 4 is 27.0 Å². The van der Waals surface area contributed by atoms with Crippen molar-refractivity contribution in [3.63, 3.8) is 0 Å². The smallest absolute Gasteiger partial charge is 0.109 e. The minimum atomic E-state index is 0.695. The number of fused-ring (bicyclic) bond motifs is 1. The lowest BCUT2D eigenvalue weighted by Gasteiger charge is -1.92. The fourth-order valence-electron chi connectivity index (χ4n) is 1.35. The van der Waals surface area contributed by atoms with Crippen LogP contribution in [-0.4, -0.2) is 23.7 Å². The number of nitrogens with zero attached hydrogens (tertiary/aromatic N) is 1. The first-order chi connectivity index (χ1) is 6.79. The summed E-state index contributed by atoms with van der Waals surface area (Å²) in [4.78, 5) is 7.69. The number of hydrogen-bond donors (Lipinski definition) is 1. The number of methoxy groups -OCH3 is 1. The molecule has 0 aliphatic rings. The third-order valence-electron chi connectivity index (χ3n) is 2.04. The van der Waals surface area contributed by atoms with Gasteiger partial charge in [-0.05, 0) is 18.2 Å². The molecule has 1 aromatic heterocycles. The molecule has 14 heavy (non-hydrogen) atoms. The van der Waals surface area contributed by atoms with Gasteiger partial charge in [-0.25, -0.2) is 4.98 Å². The third kappa shape index (κ3) is 1.96. The SMILES string of the molecule is COCCc1nc2ccc(Br)cc2[nH]1. The van der Waals surface area contributed by atoms with E-state index in [2.05, 4.69) is 25.9 Å². The summed E-state index contributed by atoms with van der Waals surface area (Å²) in [5, 5.41) is 0. The molecule has 2 rings (SSSR count). The molecular formula is C10H11BrN2O. The van der Waals surface area contributed by atoms with Crippen molar-refractivity contribution in [1.29, 1.82) is 0 Å². The monoisotopic (exact) mass is 254 g/mol. The number of nitrogens with one attached hydrogen (secondary N) is 1. The lowest BCUT2D eigenvalue weighted by Crippen LogP contribution is -1.95. The number of imidazole rings is 1. The normalized spacial score (nSPS) is 11.0. The summed E-state index contributed by atoms with van der Waals surface area (Å²) in [6.45, 7) is 0.695. The molecule has 1 aromatic carbocycles. The van der Waals surface area contributed by atoms with Gasteiger partial charge < -0.3 is 9.72 Å². The van der Waals surface area contributed by atoms with Crippen LogP contribution >= 0.6 is 15.9 Å². The van der Waals surface area contributed by atoms with Crippen molar-refractivity contribution in [1.82, 2.24) is 9.97 Å². The molecule has 0 aliphatic heterocycles. The number of benzene rings is 1. The van der Waals surface area contributed by atoms with Gasteiger partial charge in [0.05, 0.1) is 17.6 Å². The van der Waals surface area contributed by atoms with Gasteiger partial charge in [0.1, 0.15) is 5.82 Å². The second kappa shape index (κ2) is 4.11. The van der Waals surface area contributed by atoms with Gasteiger partial charge in [-0.2, -0.15) is 0 Å². The summed E-state index contributed by atoms with van der Waals surface area (Å²) in [7, 11) is 1.69. The summed E-state index contributed by atoms with van der Waals surface area (Å²) in [6.07, 6.45) is 0.822. The van der Waals surface area contributed by atoms with E-state index in [1.807, 2.05) is 18.2 Å². The number of hydrogen-bond acceptors (Lipinski definition) is 2. The van der Waals surface area contributed by atoms with E-state index in [-0.39, 0.29) is 0 Å². The van der Waals surface area contributed by atoms with Crippen molar-refractivity contribution in [2.45, 2.75) is 6.42 Å². The van der Waals surface area contributed by atoms with Crippen molar-refractivity contribution in [2.75, 3.05) is 13.7 Å². The molecule has 1 heterocycles. The van der Waals surface area contributed by atoms with Crippen LogP contribution in [0.3, 0.4) is 0 Å². The molecule has 0 unspecified atom stereocenters. The zero-order valence-corrected chi connectivity index (χ0v) is 9.47. The topological polar surface area (TPSA) is 37.9 Å². The van der Waals surface area contributed by atoms with Gasteiger partial charge in [0, 0.05) is 18.0 Å². The quantitative estimate of drug-likeness (QED) is 0.915. The number of H-pyrrole nitrogens is 1. The molecule has 0 saturated heterocycles. The van der Waals surface area contributed by atoms with Gasteiger partial charge in [-0.3, -0.25) is 0 Å². The molecule has 0 atom stereocenters. The number of halogens is 1. The van der Waals surface area contributed by atoms with Crippen LogP contribution in [0.2, 0.25) is 0 Å². The van der Waals surface area contributed by atoms with Crippen molar-refractivity contribution in [2.24, 2.45) is 0 Å². The Morgan fingerprint density at radius 1 is 1.50 bits per heavy atom. The second-order valence-electron chi connectivity index (χ2n) is 3.09. The highest BCUT2D eigenvalue weighted by atomic mass is 79.9. The molecule has 0 fully saturated rings. The maximum absolute atomic E-state index is 5.00. The van der Waals surface area contributed by atoms with E-state index in [9.17, 15) is 0 Å². The Hall–Kier alpha value is -0.870. The van der Waals surface area contributed by atoms with Crippen molar-refractivity contribution in [3.8, 4) is 0 Å². The Balaban J connectivity index is 2.32. The summed E-state index contributed by atoms with van der Waals surface area (Å²) in [5.41, 5.74) is 2.06. The van der Waals surface area contributed by atoms with E-state index < -0.39 is 0 Å². The maximum Gasteiger partial charge on any atom is 0.109 e. The Morgan fingerprint density at radius 2 is 2.36 bits per heavy atom. The zero-order valence-electron chi connectivity index (χ0n) is 7.88. The van der Waals surface area contributed by atoms with Gasteiger partial charge in [0.25, 0.3) is 0 Å². The van der Waals surface area contributed by atoms with Gasteiger partial charge in [0.15, 0.2) is 0 Å². The van der Waals surface area contributed by atoms with E-state index in [0.717, 1.165) is 27.8 Å². The second-order valence-corrected chi connectivity index (χ2v) is 4.00. The minimum Gasteiger partial charge on any atom is -0.384 e.